The lowest BCUT2D eigenvalue weighted by Gasteiger charge is -2.37. The zero-order valence-electron chi connectivity index (χ0n) is 14.7. The molecule has 138 valence electrons. The number of sulfone groups is 1. The summed E-state index contributed by atoms with van der Waals surface area (Å²) in [6.07, 6.45) is 0.0516. The molecule has 0 spiro atoms. The molecule has 0 unspecified atom stereocenters. The first-order valence-corrected chi connectivity index (χ1v) is 10.0. The third-order valence-electron chi connectivity index (χ3n) is 4.38. The van der Waals surface area contributed by atoms with Gasteiger partial charge in [0, 0.05) is 26.2 Å². The summed E-state index contributed by atoms with van der Waals surface area (Å²) in [6.45, 7) is 7.26. The number of hydrogen-bond acceptors (Lipinski definition) is 5. The van der Waals surface area contributed by atoms with Crippen molar-refractivity contribution in [2.75, 3.05) is 36.8 Å². The van der Waals surface area contributed by atoms with Gasteiger partial charge in [-0.25, -0.2) is 17.6 Å². The highest BCUT2D eigenvalue weighted by Gasteiger charge is 2.31. The molecule has 0 saturated carbocycles. The molecule has 6 nitrogen and oxygen atoms in total. The maximum atomic E-state index is 14.4. The first-order chi connectivity index (χ1) is 11.6. The first-order valence-electron chi connectivity index (χ1n) is 8.35. The Bertz CT molecular complexity index is 794. The quantitative estimate of drug-likeness (QED) is 0.758. The fraction of sp³-hybridized carbons (Fsp3) is 0.588. The molecule has 0 N–H and O–H groups in total. The van der Waals surface area contributed by atoms with E-state index >= 15 is 0 Å². The van der Waals surface area contributed by atoms with Gasteiger partial charge in [0.1, 0.15) is 11.4 Å². The van der Waals surface area contributed by atoms with Gasteiger partial charge in [-0.3, -0.25) is 0 Å². The number of hydrogen-bond donors (Lipinski definition) is 0. The van der Waals surface area contributed by atoms with Crippen LogP contribution in [0, 0.1) is 5.82 Å². The molecule has 0 radical (unpaired) electrons. The van der Waals surface area contributed by atoms with E-state index in [0.29, 0.717) is 43.9 Å². The van der Waals surface area contributed by atoms with Crippen LogP contribution in [0.15, 0.2) is 17.0 Å². The molecule has 0 bridgehead atoms. The fourth-order valence-electron chi connectivity index (χ4n) is 3.12. The van der Waals surface area contributed by atoms with Crippen molar-refractivity contribution >= 4 is 21.6 Å². The molecule has 1 aromatic rings. The third-order valence-corrected chi connectivity index (χ3v) is 6.17. The van der Waals surface area contributed by atoms with Gasteiger partial charge in [0.2, 0.25) is 0 Å². The van der Waals surface area contributed by atoms with Crippen molar-refractivity contribution in [1.82, 2.24) is 4.90 Å². The number of rotatable bonds is 1. The number of benzene rings is 1. The fourth-order valence-corrected chi connectivity index (χ4v) is 4.68. The molecule has 1 amide bonds. The van der Waals surface area contributed by atoms with Crippen LogP contribution in [0.25, 0.3) is 0 Å². The summed E-state index contributed by atoms with van der Waals surface area (Å²) >= 11 is 0. The number of piperazine rings is 1. The Kier molecular flexibility index (Phi) is 4.43. The maximum absolute atomic E-state index is 14.4. The highest BCUT2D eigenvalue weighted by Crippen LogP contribution is 2.32. The molecule has 1 fully saturated rings. The van der Waals surface area contributed by atoms with Crippen LogP contribution in [-0.2, 0) is 21.0 Å². The van der Waals surface area contributed by atoms with E-state index in [2.05, 4.69) is 0 Å². The van der Waals surface area contributed by atoms with Gasteiger partial charge in [0.25, 0.3) is 0 Å². The lowest BCUT2D eigenvalue weighted by Crippen LogP contribution is -2.50. The van der Waals surface area contributed by atoms with Crippen LogP contribution in [0.3, 0.4) is 0 Å². The zero-order valence-corrected chi connectivity index (χ0v) is 15.5. The molecule has 1 saturated heterocycles. The summed E-state index contributed by atoms with van der Waals surface area (Å²) in [4.78, 5) is 15.7. The summed E-state index contributed by atoms with van der Waals surface area (Å²) in [5.74, 6) is -0.493. The van der Waals surface area contributed by atoms with Gasteiger partial charge in [-0.05, 0) is 44.9 Å². The average Bonchev–Trinajstić information content (AvgIpc) is 2.80. The lowest BCUT2D eigenvalue weighted by atomic mass is 10.1. The molecular weight excluding hydrogens is 347 g/mol. The summed E-state index contributed by atoms with van der Waals surface area (Å²) in [6, 6.07) is 2.77. The van der Waals surface area contributed by atoms with Crippen LogP contribution in [0.5, 0.6) is 0 Å². The molecule has 2 heterocycles. The highest BCUT2D eigenvalue weighted by atomic mass is 32.2. The van der Waals surface area contributed by atoms with Crippen molar-refractivity contribution < 1.29 is 22.3 Å². The van der Waals surface area contributed by atoms with Crippen LogP contribution in [0.4, 0.5) is 14.9 Å². The Morgan fingerprint density at radius 2 is 1.80 bits per heavy atom. The summed E-state index contributed by atoms with van der Waals surface area (Å²) in [7, 11) is -3.34. The van der Waals surface area contributed by atoms with Crippen LogP contribution < -0.4 is 4.90 Å². The smallest absolute Gasteiger partial charge is 0.410 e. The minimum Gasteiger partial charge on any atom is -0.444 e. The van der Waals surface area contributed by atoms with Gasteiger partial charge in [-0.1, -0.05) is 0 Å². The monoisotopic (exact) mass is 370 g/mol. The second-order valence-corrected chi connectivity index (χ2v) is 9.51. The molecule has 0 atom stereocenters. The minimum absolute atomic E-state index is 0.0393. The van der Waals surface area contributed by atoms with Crippen molar-refractivity contribution in [3.63, 3.8) is 0 Å². The van der Waals surface area contributed by atoms with E-state index in [4.69, 9.17) is 4.74 Å². The van der Waals surface area contributed by atoms with Crippen molar-refractivity contribution in [3.8, 4) is 0 Å². The second-order valence-electron chi connectivity index (χ2n) is 7.43. The number of halogens is 1. The summed E-state index contributed by atoms with van der Waals surface area (Å²) in [5, 5.41) is 0. The van der Waals surface area contributed by atoms with E-state index in [1.807, 2.05) is 25.7 Å². The Morgan fingerprint density at radius 1 is 1.16 bits per heavy atom. The van der Waals surface area contributed by atoms with Crippen LogP contribution in [0.2, 0.25) is 0 Å². The molecule has 25 heavy (non-hydrogen) atoms. The molecule has 2 aliphatic heterocycles. The van der Waals surface area contributed by atoms with E-state index in [-0.39, 0.29) is 16.7 Å². The lowest BCUT2D eigenvalue weighted by molar-refractivity contribution is 0.0240. The highest BCUT2D eigenvalue weighted by molar-refractivity contribution is 7.91. The zero-order chi connectivity index (χ0) is 18.4. The normalized spacial score (nSPS) is 19.7. The second kappa shape index (κ2) is 6.16. The Hall–Kier alpha value is -1.83. The van der Waals surface area contributed by atoms with E-state index in [1.165, 1.54) is 0 Å². The van der Waals surface area contributed by atoms with Gasteiger partial charge < -0.3 is 14.5 Å². The van der Waals surface area contributed by atoms with Crippen LogP contribution in [-0.4, -0.2) is 56.9 Å². The molecule has 0 aliphatic carbocycles. The summed E-state index contributed by atoms with van der Waals surface area (Å²) < 4.78 is 43.6. The first kappa shape index (κ1) is 18.0. The number of nitrogens with zero attached hydrogens (tertiary/aromatic N) is 2. The van der Waals surface area contributed by atoms with Crippen LogP contribution in [0.1, 0.15) is 26.3 Å². The van der Waals surface area contributed by atoms with Gasteiger partial charge in [0.15, 0.2) is 9.84 Å². The Labute approximate surface area is 147 Å². The van der Waals surface area contributed by atoms with Crippen molar-refractivity contribution in [2.45, 2.75) is 37.7 Å². The molecule has 0 aromatic heterocycles. The predicted molar refractivity (Wildman–Crippen MR) is 92.2 cm³/mol. The molecule has 1 aromatic carbocycles. The Balaban J connectivity index is 1.71. The van der Waals surface area contributed by atoms with Crippen molar-refractivity contribution in [2.24, 2.45) is 0 Å². The Morgan fingerprint density at radius 3 is 2.40 bits per heavy atom. The third kappa shape index (κ3) is 3.73. The van der Waals surface area contributed by atoms with E-state index < -0.39 is 21.3 Å². The minimum atomic E-state index is -3.34. The number of aryl methyl sites for hydroxylation is 1. The molecule has 2 aliphatic rings. The topological polar surface area (TPSA) is 66.9 Å². The number of amides is 1. The summed E-state index contributed by atoms with van der Waals surface area (Å²) in [5.41, 5.74) is 0.525. The molecular formula is C17H23FN2O4S. The standard InChI is InChI=1S/C17H23FN2O4S/c1-17(2,3)24-16(21)20-7-5-19(6-8-20)14-10-12-4-9-25(22,23)15(12)11-13(14)18/h10-11H,4-9H2,1-3H3. The SMILES string of the molecule is CC(C)(C)OC(=O)N1CCN(c2cc3c(cc2F)S(=O)(=O)CC3)CC1. The number of carbonyl (C=O) groups is 1. The predicted octanol–water partition coefficient (Wildman–Crippen LogP) is 2.21. The maximum Gasteiger partial charge on any atom is 0.410 e. The van der Waals surface area contributed by atoms with Crippen molar-refractivity contribution in [1.29, 1.82) is 0 Å². The number of carbonyl (C=O) groups excluding carboxylic acids is 1. The van der Waals surface area contributed by atoms with Gasteiger partial charge in [-0.2, -0.15) is 0 Å². The van der Waals surface area contributed by atoms with Gasteiger partial charge in [0.05, 0.1) is 16.3 Å². The number of anilines is 1. The van der Waals surface area contributed by atoms with Gasteiger partial charge in [-0.15, -0.1) is 0 Å². The molecule has 8 heteroatoms. The van der Waals surface area contributed by atoms with E-state index in [9.17, 15) is 17.6 Å². The van der Waals surface area contributed by atoms with Gasteiger partial charge >= 0.3 is 6.09 Å². The van der Waals surface area contributed by atoms with Crippen molar-refractivity contribution in [3.05, 3.63) is 23.5 Å². The van der Waals surface area contributed by atoms with E-state index in [0.717, 1.165) is 6.07 Å². The van der Waals surface area contributed by atoms with Crippen LogP contribution >= 0.6 is 0 Å². The number of fused-ring (bicyclic) bond motifs is 1. The average molecular weight is 370 g/mol. The van der Waals surface area contributed by atoms with E-state index in [1.54, 1.807) is 11.0 Å². The number of ether oxygens (including phenoxy) is 1. The largest absolute Gasteiger partial charge is 0.444 e. The molecule has 3 rings (SSSR count).